The van der Waals surface area contributed by atoms with E-state index >= 15 is 0 Å². The predicted octanol–water partition coefficient (Wildman–Crippen LogP) is 5.10. The van der Waals surface area contributed by atoms with Gasteiger partial charge in [0, 0.05) is 25.3 Å². The summed E-state index contributed by atoms with van der Waals surface area (Å²) in [5.41, 5.74) is 0. The Morgan fingerprint density at radius 1 is 1.31 bits per heavy atom. The first-order valence-corrected chi connectivity index (χ1v) is 6.34. The van der Waals surface area contributed by atoms with Crippen LogP contribution < -0.4 is 0 Å². The Balaban J connectivity index is 2.76. The minimum atomic E-state index is 0.756. The predicted molar refractivity (Wildman–Crippen MR) is 64.5 cm³/mol. The zero-order valence-corrected chi connectivity index (χ0v) is 10.4. The standard InChI is InChI=1S/C9H5BrCl2S/c10-4-8-9(12)6-2-1-5(11)3-7(6)13-8/h1-3H,4H2. The summed E-state index contributed by atoms with van der Waals surface area (Å²) >= 11 is 17.1. The van der Waals surface area contributed by atoms with Crippen LogP contribution in [0.3, 0.4) is 0 Å². The number of benzene rings is 1. The van der Waals surface area contributed by atoms with Gasteiger partial charge in [-0.1, -0.05) is 45.2 Å². The molecule has 2 aromatic rings. The van der Waals surface area contributed by atoms with E-state index in [0.717, 1.165) is 30.3 Å². The minimum absolute atomic E-state index is 0.756. The average molecular weight is 296 g/mol. The van der Waals surface area contributed by atoms with Crippen molar-refractivity contribution in [2.75, 3.05) is 0 Å². The van der Waals surface area contributed by atoms with E-state index in [4.69, 9.17) is 23.2 Å². The van der Waals surface area contributed by atoms with Gasteiger partial charge >= 0.3 is 0 Å². The highest BCUT2D eigenvalue weighted by molar-refractivity contribution is 9.08. The fourth-order valence-corrected chi connectivity index (χ4v) is 3.59. The molecule has 0 aliphatic carbocycles. The molecule has 0 amide bonds. The van der Waals surface area contributed by atoms with Crippen LogP contribution >= 0.6 is 50.5 Å². The molecule has 0 nitrogen and oxygen atoms in total. The molecule has 0 aliphatic rings. The second kappa shape index (κ2) is 3.77. The number of fused-ring (bicyclic) bond motifs is 1. The Kier molecular flexibility index (Phi) is 2.84. The zero-order chi connectivity index (χ0) is 9.42. The molecule has 0 bridgehead atoms. The lowest BCUT2D eigenvalue weighted by molar-refractivity contribution is 1.59. The molecule has 0 fully saturated rings. The molecule has 1 heterocycles. The third-order valence-electron chi connectivity index (χ3n) is 1.78. The van der Waals surface area contributed by atoms with E-state index in [-0.39, 0.29) is 0 Å². The van der Waals surface area contributed by atoms with Crippen molar-refractivity contribution in [3.8, 4) is 0 Å². The summed E-state index contributed by atoms with van der Waals surface area (Å²) in [6.45, 7) is 0. The molecular weight excluding hydrogens is 291 g/mol. The molecule has 0 saturated heterocycles. The van der Waals surface area contributed by atoms with E-state index in [9.17, 15) is 0 Å². The molecule has 0 saturated carbocycles. The van der Waals surface area contributed by atoms with Crippen LogP contribution in [0.25, 0.3) is 10.1 Å². The van der Waals surface area contributed by atoms with Gasteiger partial charge in [0.1, 0.15) is 0 Å². The Bertz CT molecular complexity index is 450. The van der Waals surface area contributed by atoms with Gasteiger partial charge in [-0.05, 0) is 12.1 Å². The van der Waals surface area contributed by atoms with E-state index in [1.54, 1.807) is 11.3 Å². The molecule has 0 radical (unpaired) electrons. The summed E-state index contributed by atoms with van der Waals surface area (Å²) in [5.74, 6) is 0. The maximum atomic E-state index is 6.15. The zero-order valence-electron chi connectivity index (χ0n) is 6.48. The maximum Gasteiger partial charge on any atom is 0.0632 e. The lowest BCUT2D eigenvalue weighted by atomic mass is 10.2. The quantitative estimate of drug-likeness (QED) is 0.642. The molecule has 13 heavy (non-hydrogen) atoms. The summed E-state index contributed by atoms with van der Waals surface area (Å²) in [4.78, 5) is 1.15. The van der Waals surface area contributed by atoms with Gasteiger partial charge in [-0.25, -0.2) is 0 Å². The van der Waals surface area contributed by atoms with Crippen LogP contribution in [0, 0.1) is 0 Å². The summed E-state index contributed by atoms with van der Waals surface area (Å²) < 4.78 is 1.15. The summed E-state index contributed by atoms with van der Waals surface area (Å²) in [6.07, 6.45) is 0. The molecule has 0 aliphatic heterocycles. The number of alkyl halides is 1. The van der Waals surface area contributed by atoms with Gasteiger partial charge < -0.3 is 0 Å². The van der Waals surface area contributed by atoms with Gasteiger partial charge in [-0.15, -0.1) is 11.3 Å². The monoisotopic (exact) mass is 294 g/mol. The lowest BCUT2D eigenvalue weighted by Crippen LogP contribution is -1.67. The van der Waals surface area contributed by atoms with Crippen molar-refractivity contribution in [2.45, 2.75) is 5.33 Å². The van der Waals surface area contributed by atoms with Crippen LogP contribution in [0.15, 0.2) is 18.2 Å². The van der Waals surface area contributed by atoms with Crippen molar-refractivity contribution in [1.29, 1.82) is 0 Å². The average Bonchev–Trinajstić information content (AvgIpc) is 2.42. The van der Waals surface area contributed by atoms with Crippen molar-refractivity contribution in [2.24, 2.45) is 0 Å². The van der Waals surface area contributed by atoms with Crippen LogP contribution in [0.2, 0.25) is 10.0 Å². The molecule has 0 unspecified atom stereocenters. The molecule has 68 valence electrons. The Morgan fingerprint density at radius 3 is 2.77 bits per heavy atom. The van der Waals surface area contributed by atoms with Gasteiger partial charge in [0.15, 0.2) is 0 Å². The molecule has 1 aromatic heterocycles. The van der Waals surface area contributed by atoms with Gasteiger partial charge in [0.25, 0.3) is 0 Å². The van der Waals surface area contributed by atoms with E-state index in [1.165, 1.54) is 0 Å². The van der Waals surface area contributed by atoms with Crippen LogP contribution in [0.1, 0.15) is 4.88 Å². The van der Waals surface area contributed by atoms with Crippen molar-refractivity contribution >= 4 is 60.6 Å². The van der Waals surface area contributed by atoms with Crippen molar-refractivity contribution in [3.05, 3.63) is 33.1 Å². The van der Waals surface area contributed by atoms with Crippen LogP contribution in [-0.2, 0) is 5.33 Å². The van der Waals surface area contributed by atoms with E-state index < -0.39 is 0 Å². The lowest BCUT2D eigenvalue weighted by Gasteiger charge is -1.90. The number of hydrogen-bond donors (Lipinski definition) is 0. The molecule has 4 heteroatoms. The second-order valence-electron chi connectivity index (χ2n) is 2.61. The van der Waals surface area contributed by atoms with E-state index in [0.29, 0.717) is 0 Å². The second-order valence-corrected chi connectivity index (χ2v) is 5.13. The topological polar surface area (TPSA) is 0 Å². The Hall–Kier alpha value is 0.240. The van der Waals surface area contributed by atoms with E-state index in [2.05, 4.69) is 15.9 Å². The van der Waals surface area contributed by atoms with Crippen LogP contribution in [0.5, 0.6) is 0 Å². The molecule has 2 rings (SSSR count). The number of thiophene rings is 1. The largest absolute Gasteiger partial charge is 0.138 e. The molecule has 0 N–H and O–H groups in total. The van der Waals surface area contributed by atoms with Crippen LogP contribution in [0.4, 0.5) is 0 Å². The van der Waals surface area contributed by atoms with Crippen molar-refractivity contribution < 1.29 is 0 Å². The van der Waals surface area contributed by atoms with Gasteiger partial charge in [0.05, 0.1) is 5.02 Å². The first kappa shape index (κ1) is 9.78. The summed E-state index contributed by atoms with van der Waals surface area (Å²) in [7, 11) is 0. The first-order valence-electron chi connectivity index (χ1n) is 3.65. The summed E-state index contributed by atoms with van der Waals surface area (Å²) in [5, 5.41) is 3.48. The Morgan fingerprint density at radius 2 is 2.08 bits per heavy atom. The fraction of sp³-hybridized carbons (Fsp3) is 0.111. The Labute approximate surface area is 98.6 Å². The van der Waals surface area contributed by atoms with Gasteiger partial charge in [0.2, 0.25) is 0 Å². The normalized spacial score (nSPS) is 11.0. The van der Waals surface area contributed by atoms with E-state index in [1.807, 2.05) is 18.2 Å². The molecular formula is C9H5BrCl2S. The number of hydrogen-bond acceptors (Lipinski definition) is 1. The number of halogens is 3. The smallest absolute Gasteiger partial charge is 0.0632 e. The molecule has 0 atom stereocenters. The van der Waals surface area contributed by atoms with Crippen LogP contribution in [-0.4, -0.2) is 0 Å². The highest BCUT2D eigenvalue weighted by Gasteiger charge is 2.08. The molecule has 1 aromatic carbocycles. The first-order chi connectivity index (χ1) is 6.22. The van der Waals surface area contributed by atoms with Gasteiger partial charge in [-0.3, -0.25) is 0 Å². The van der Waals surface area contributed by atoms with Gasteiger partial charge in [-0.2, -0.15) is 0 Å². The van der Waals surface area contributed by atoms with Crippen molar-refractivity contribution in [3.63, 3.8) is 0 Å². The number of rotatable bonds is 1. The maximum absolute atomic E-state index is 6.15. The fourth-order valence-electron chi connectivity index (χ4n) is 1.18. The van der Waals surface area contributed by atoms with Crippen molar-refractivity contribution in [1.82, 2.24) is 0 Å². The third-order valence-corrected chi connectivity index (χ3v) is 4.64. The SMILES string of the molecule is Clc1ccc2c(Cl)c(CBr)sc2c1. The summed E-state index contributed by atoms with van der Waals surface area (Å²) in [6, 6.07) is 5.77. The third kappa shape index (κ3) is 1.73. The highest BCUT2D eigenvalue weighted by atomic mass is 79.9. The molecule has 0 spiro atoms. The minimum Gasteiger partial charge on any atom is -0.138 e. The highest BCUT2D eigenvalue weighted by Crippen LogP contribution is 2.37.